The molecule has 0 spiro atoms. The topological polar surface area (TPSA) is 38.8 Å². The first kappa shape index (κ1) is 24.7. The molecule has 4 nitrogen and oxygen atoms in total. The van der Waals surface area contributed by atoms with Crippen LogP contribution in [0.25, 0.3) is 11.1 Å². The van der Waals surface area contributed by atoms with E-state index in [1.807, 2.05) is 56.3 Å². The van der Waals surface area contributed by atoms with E-state index in [1.165, 1.54) is 0 Å². The average molecular weight is 584 g/mol. The van der Waals surface area contributed by atoms with Crippen LogP contribution in [0.2, 0.25) is 10.0 Å². The van der Waals surface area contributed by atoms with Gasteiger partial charge < -0.3 is 14.4 Å². The Balaban J connectivity index is 1.93. The lowest BCUT2D eigenvalue weighted by Gasteiger charge is -2.20. The molecule has 168 valence electrons. The number of halogens is 3. The molecule has 3 aromatic rings. The first-order valence-electron chi connectivity index (χ1n) is 10.2. The summed E-state index contributed by atoms with van der Waals surface area (Å²) >= 11 is 15.4. The molecule has 7 heteroatoms. The molecule has 0 saturated carbocycles. The number of amides is 1. The third-order valence-electron chi connectivity index (χ3n) is 5.17. The van der Waals surface area contributed by atoms with E-state index in [0.717, 1.165) is 28.0 Å². The highest BCUT2D eigenvalue weighted by Gasteiger charge is 2.20. The minimum Gasteiger partial charge on any atom is -0.496 e. The van der Waals surface area contributed by atoms with Gasteiger partial charge in [-0.2, -0.15) is 0 Å². The molecule has 0 aliphatic heterocycles. The van der Waals surface area contributed by atoms with Gasteiger partial charge in [-0.05, 0) is 65.3 Å². The molecule has 3 rings (SSSR count). The molecule has 0 fully saturated rings. The number of rotatable bonds is 7. The highest BCUT2D eigenvalue weighted by Crippen LogP contribution is 2.39. The zero-order valence-corrected chi connectivity index (χ0v) is 21.8. The second-order valence-corrected chi connectivity index (χ2v) is 8.94. The third kappa shape index (κ3) is 5.50. The highest BCUT2D eigenvalue weighted by molar-refractivity contribution is 14.1. The molecule has 3 aromatic carbocycles. The first-order chi connectivity index (χ1) is 15.4. The van der Waals surface area contributed by atoms with Crippen molar-refractivity contribution in [3.63, 3.8) is 0 Å². The Bertz CT molecular complexity index is 1100. The summed E-state index contributed by atoms with van der Waals surface area (Å²) in [6.45, 7) is 4.92. The molecule has 0 radical (unpaired) electrons. The SMILES string of the molecule is CCN(CC)C(=O)Oc1cc(Cl)c(Cc2ccc(OC)c(-c3ccccc3)c2)c(Cl)c1I. The van der Waals surface area contributed by atoms with E-state index in [9.17, 15) is 4.79 Å². The second kappa shape index (κ2) is 11.3. The van der Waals surface area contributed by atoms with Gasteiger partial charge in [-0.25, -0.2) is 4.79 Å². The summed E-state index contributed by atoms with van der Waals surface area (Å²) in [7, 11) is 1.66. The fraction of sp³-hybridized carbons (Fsp3) is 0.240. The van der Waals surface area contributed by atoms with E-state index < -0.39 is 6.09 Å². The van der Waals surface area contributed by atoms with Crippen molar-refractivity contribution in [2.45, 2.75) is 20.3 Å². The van der Waals surface area contributed by atoms with Crippen molar-refractivity contribution in [1.82, 2.24) is 4.90 Å². The number of hydrogen-bond donors (Lipinski definition) is 0. The van der Waals surface area contributed by atoms with Crippen LogP contribution in [0.1, 0.15) is 25.0 Å². The Kier molecular flexibility index (Phi) is 8.68. The van der Waals surface area contributed by atoms with Crippen LogP contribution >= 0.6 is 45.8 Å². The van der Waals surface area contributed by atoms with Crippen LogP contribution in [0.5, 0.6) is 11.5 Å². The van der Waals surface area contributed by atoms with Crippen LogP contribution < -0.4 is 9.47 Å². The number of nitrogens with zero attached hydrogens (tertiary/aromatic N) is 1. The number of hydrogen-bond acceptors (Lipinski definition) is 3. The van der Waals surface area contributed by atoms with Crippen molar-refractivity contribution in [1.29, 1.82) is 0 Å². The summed E-state index contributed by atoms with van der Waals surface area (Å²) in [5, 5.41) is 0.937. The molecule has 0 atom stereocenters. The van der Waals surface area contributed by atoms with Gasteiger partial charge in [-0.1, -0.05) is 59.6 Å². The summed E-state index contributed by atoms with van der Waals surface area (Å²) < 4.78 is 11.8. The minimum absolute atomic E-state index is 0.362. The predicted octanol–water partition coefficient (Wildman–Crippen LogP) is 7.71. The number of carbonyl (C=O) groups is 1. The van der Waals surface area contributed by atoms with Gasteiger partial charge in [-0.15, -0.1) is 0 Å². The number of methoxy groups -OCH3 is 1. The quantitative estimate of drug-likeness (QED) is 0.211. The van der Waals surface area contributed by atoms with Gasteiger partial charge >= 0.3 is 6.09 Å². The monoisotopic (exact) mass is 583 g/mol. The van der Waals surface area contributed by atoms with Gasteiger partial charge in [0.15, 0.2) is 0 Å². The number of ether oxygens (including phenoxy) is 2. The van der Waals surface area contributed by atoms with E-state index in [0.29, 0.717) is 38.9 Å². The van der Waals surface area contributed by atoms with E-state index >= 15 is 0 Å². The smallest absolute Gasteiger partial charge is 0.415 e. The second-order valence-electron chi connectivity index (χ2n) is 7.08. The molecular formula is C25H24Cl2INO3. The lowest BCUT2D eigenvalue weighted by Crippen LogP contribution is -2.33. The summed E-state index contributed by atoms with van der Waals surface area (Å²) in [6, 6.07) is 17.8. The average Bonchev–Trinajstić information content (AvgIpc) is 2.81. The number of benzene rings is 3. The fourth-order valence-electron chi connectivity index (χ4n) is 3.40. The maximum Gasteiger partial charge on any atom is 0.415 e. The van der Waals surface area contributed by atoms with Gasteiger partial charge in [-0.3, -0.25) is 0 Å². The summed E-state index contributed by atoms with van der Waals surface area (Å²) in [5.41, 5.74) is 3.88. The van der Waals surface area contributed by atoms with Gasteiger partial charge in [0.2, 0.25) is 0 Å². The van der Waals surface area contributed by atoms with Crippen LogP contribution in [0.15, 0.2) is 54.6 Å². The Morgan fingerprint density at radius 3 is 2.31 bits per heavy atom. The molecule has 0 saturated heterocycles. The molecule has 0 aliphatic rings. The van der Waals surface area contributed by atoms with Gasteiger partial charge in [0.25, 0.3) is 0 Å². The van der Waals surface area contributed by atoms with Crippen molar-refractivity contribution in [2.75, 3.05) is 20.2 Å². The van der Waals surface area contributed by atoms with Crippen LogP contribution in [-0.4, -0.2) is 31.2 Å². The maximum atomic E-state index is 12.4. The summed E-state index contributed by atoms with van der Waals surface area (Å²) in [4.78, 5) is 14.0. The van der Waals surface area contributed by atoms with Crippen molar-refractivity contribution in [3.05, 3.63) is 79.3 Å². The van der Waals surface area contributed by atoms with E-state index in [4.69, 9.17) is 32.7 Å². The fourth-order valence-corrected chi connectivity index (χ4v) is 4.56. The molecule has 0 aliphatic carbocycles. The molecule has 1 amide bonds. The van der Waals surface area contributed by atoms with E-state index in [1.54, 1.807) is 18.1 Å². The zero-order valence-electron chi connectivity index (χ0n) is 18.1. The van der Waals surface area contributed by atoms with E-state index in [2.05, 4.69) is 28.7 Å². The van der Waals surface area contributed by atoms with Crippen molar-refractivity contribution in [3.8, 4) is 22.6 Å². The molecular weight excluding hydrogens is 560 g/mol. The molecule has 32 heavy (non-hydrogen) atoms. The van der Waals surface area contributed by atoms with Crippen LogP contribution in [0, 0.1) is 3.57 Å². The first-order valence-corrected chi connectivity index (χ1v) is 12.1. The predicted molar refractivity (Wildman–Crippen MR) is 139 cm³/mol. The van der Waals surface area contributed by atoms with Gasteiger partial charge in [0.1, 0.15) is 11.5 Å². The minimum atomic E-state index is -0.421. The zero-order chi connectivity index (χ0) is 23.3. The largest absolute Gasteiger partial charge is 0.496 e. The lowest BCUT2D eigenvalue weighted by atomic mass is 9.98. The summed E-state index contributed by atoms with van der Waals surface area (Å²) in [5.74, 6) is 1.16. The van der Waals surface area contributed by atoms with Crippen molar-refractivity contribution < 1.29 is 14.3 Å². The van der Waals surface area contributed by atoms with E-state index in [-0.39, 0.29) is 0 Å². The third-order valence-corrected chi connectivity index (χ3v) is 7.31. The van der Waals surface area contributed by atoms with Gasteiger partial charge in [0, 0.05) is 36.2 Å². The molecule has 0 heterocycles. The lowest BCUT2D eigenvalue weighted by molar-refractivity contribution is 0.157. The molecule has 0 N–H and O–H groups in total. The van der Waals surface area contributed by atoms with Crippen LogP contribution in [0.3, 0.4) is 0 Å². The van der Waals surface area contributed by atoms with Crippen LogP contribution in [-0.2, 0) is 6.42 Å². The van der Waals surface area contributed by atoms with Crippen molar-refractivity contribution in [2.24, 2.45) is 0 Å². The Morgan fingerprint density at radius 1 is 1.00 bits per heavy atom. The highest BCUT2D eigenvalue weighted by atomic mass is 127. The Hall–Kier alpha value is -1.96. The maximum absolute atomic E-state index is 12.4. The molecule has 0 aromatic heterocycles. The Morgan fingerprint density at radius 2 is 1.69 bits per heavy atom. The van der Waals surface area contributed by atoms with Crippen LogP contribution in [0.4, 0.5) is 4.79 Å². The normalized spacial score (nSPS) is 10.7. The van der Waals surface area contributed by atoms with Crippen molar-refractivity contribution >= 4 is 51.9 Å². The number of carbonyl (C=O) groups excluding carboxylic acids is 1. The molecule has 0 unspecified atom stereocenters. The summed E-state index contributed by atoms with van der Waals surface area (Å²) in [6.07, 6.45) is 0.109. The Labute approximate surface area is 212 Å². The van der Waals surface area contributed by atoms with Gasteiger partial charge in [0.05, 0.1) is 15.7 Å². The standard InChI is InChI=1S/C25H24Cl2INO3/c1-4-29(5-2)25(30)32-22-15-20(26)19(23(27)24(22)28)14-16-11-12-21(31-3)18(13-16)17-9-7-6-8-10-17/h6-13,15H,4-5,14H2,1-3H3. The molecule has 0 bridgehead atoms.